The van der Waals surface area contributed by atoms with Crippen molar-refractivity contribution in [2.24, 2.45) is 0 Å². The minimum absolute atomic E-state index is 0.0135. The Balaban J connectivity index is 1.53. The minimum Gasteiger partial charge on any atom is -0.344 e. The van der Waals surface area contributed by atoms with Crippen molar-refractivity contribution in [3.8, 4) is 0 Å². The molecule has 1 atom stereocenters. The van der Waals surface area contributed by atoms with Gasteiger partial charge < -0.3 is 9.88 Å². The molecule has 2 aromatic carbocycles. The molecule has 1 aromatic heterocycles. The molecule has 1 aliphatic carbocycles. The van der Waals surface area contributed by atoms with Crippen molar-refractivity contribution in [1.29, 1.82) is 0 Å². The molecule has 26 heavy (non-hydrogen) atoms. The highest BCUT2D eigenvalue weighted by atomic mass is 16.2. The first-order valence-electron chi connectivity index (χ1n) is 9.19. The maximum atomic E-state index is 13.1. The van der Waals surface area contributed by atoms with Crippen molar-refractivity contribution in [3.63, 3.8) is 0 Å². The first-order valence-corrected chi connectivity index (χ1v) is 9.19. The quantitative estimate of drug-likeness (QED) is 0.704. The summed E-state index contributed by atoms with van der Waals surface area (Å²) in [6, 6.07) is 16.7. The Hall–Kier alpha value is -3.07. The van der Waals surface area contributed by atoms with Crippen LogP contribution in [0.2, 0.25) is 0 Å². The third kappa shape index (κ3) is 2.39. The van der Waals surface area contributed by atoms with E-state index in [0.717, 1.165) is 35.7 Å². The Bertz CT molecular complexity index is 1070. The number of aryl methyl sites for hydroxylation is 1. The second kappa shape index (κ2) is 6.03. The van der Waals surface area contributed by atoms with E-state index in [9.17, 15) is 4.79 Å². The van der Waals surface area contributed by atoms with E-state index < -0.39 is 0 Å². The van der Waals surface area contributed by atoms with Gasteiger partial charge in [-0.1, -0.05) is 54.6 Å². The predicted octanol–water partition coefficient (Wildman–Crippen LogP) is 4.95. The molecule has 0 radical (unpaired) electrons. The summed E-state index contributed by atoms with van der Waals surface area (Å²) < 4.78 is 2.01. The van der Waals surface area contributed by atoms with Crippen molar-refractivity contribution in [3.05, 3.63) is 83.1 Å². The zero-order valence-electron chi connectivity index (χ0n) is 14.5. The van der Waals surface area contributed by atoms with E-state index >= 15 is 0 Å². The lowest BCUT2D eigenvalue weighted by atomic mass is 9.87. The van der Waals surface area contributed by atoms with E-state index in [1.54, 1.807) is 0 Å². The van der Waals surface area contributed by atoms with Gasteiger partial charge in [0.25, 0.3) is 5.91 Å². The molecule has 3 aromatic rings. The van der Waals surface area contributed by atoms with E-state index in [1.807, 2.05) is 35.1 Å². The molecule has 3 nitrogen and oxygen atoms in total. The monoisotopic (exact) mass is 340 g/mol. The van der Waals surface area contributed by atoms with E-state index in [2.05, 4.69) is 47.8 Å². The maximum Gasteiger partial charge on any atom is 0.268 e. The highest BCUT2D eigenvalue weighted by Gasteiger charge is 2.24. The molecule has 1 N–H and O–H groups in total. The molecule has 1 unspecified atom stereocenters. The molecule has 128 valence electrons. The summed E-state index contributed by atoms with van der Waals surface area (Å²) in [6.45, 7) is 0. The summed E-state index contributed by atoms with van der Waals surface area (Å²) in [7, 11) is 0. The Morgan fingerprint density at radius 2 is 2.00 bits per heavy atom. The zero-order valence-corrected chi connectivity index (χ0v) is 14.5. The Labute approximate surface area is 152 Å². The fourth-order valence-electron chi connectivity index (χ4n) is 4.21. The van der Waals surface area contributed by atoms with E-state index in [-0.39, 0.29) is 11.9 Å². The lowest BCUT2D eigenvalue weighted by molar-refractivity contribution is 0.0926. The highest BCUT2D eigenvalue weighted by Crippen LogP contribution is 2.31. The first kappa shape index (κ1) is 15.2. The molecular formula is C23H20N2O. The predicted molar refractivity (Wildman–Crippen MR) is 106 cm³/mol. The molecule has 0 bridgehead atoms. The summed E-state index contributed by atoms with van der Waals surface area (Å²) in [5, 5.41) is 4.37. The van der Waals surface area contributed by atoms with E-state index in [4.69, 9.17) is 0 Å². The Kier molecular flexibility index (Phi) is 3.52. The first-order chi connectivity index (χ1) is 12.8. The number of hydrogen-bond donors (Lipinski definition) is 1. The van der Waals surface area contributed by atoms with Crippen LogP contribution < -0.4 is 5.32 Å². The largest absolute Gasteiger partial charge is 0.344 e. The molecule has 1 aliphatic heterocycles. The zero-order chi connectivity index (χ0) is 17.5. The van der Waals surface area contributed by atoms with Gasteiger partial charge in [0.15, 0.2) is 0 Å². The average Bonchev–Trinajstić information content (AvgIpc) is 2.91. The van der Waals surface area contributed by atoms with Gasteiger partial charge in [-0.3, -0.25) is 4.79 Å². The van der Waals surface area contributed by atoms with Gasteiger partial charge in [0.2, 0.25) is 0 Å². The fourth-order valence-corrected chi connectivity index (χ4v) is 4.21. The van der Waals surface area contributed by atoms with E-state index in [1.165, 1.54) is 11.1 Å². The van der Waals surface area contributed by atoms with Crippen LogP contribution in [-0.4, -0.2) is 10.5 Å². The van der Waals surface area contributed by atoms with Crippen LogP contribution in [0.1, 0.15) is 46.1 Å². The molecule has 5 rings (SSSR count). The number of carbonyl (C=O) groups is 1. The molecule has 0 saturated carbocycles. The normalized spacial score (nSPS) is 17.8. The summed E-state index contributed by atoms with van der Waals surface area (Å²) in [5.41, 5.74) is 5.53. The van der Waals surface area contributed by atoms with Gasteiger partial charge in [0.05, 0.1) is 11.6 Å². The van der Waals surface area contributed by atoms with Crippen LogP contribution in [0.15, 0.2) is 60.7 Å². The van der Waals surface area contributed by atoms with Gasteiger partial charge in [-0.15, -0.1) is 0 Å². The molecule has 1 amide bonds. The molecule has 2 heterocycles. The number of allylic oxidation sites excluding steroid dienone is 2. The number of rotatable bonds is 2. The second-order valence-corrected chi connectivity index (χ2v) is 7.00. The molecule has 0 saturated heterocycles. The van der Waals surface area contributed by atoms with Crippen molar-refractivity contribution < 1.29 is 4.79 Å². The summed E-state index contributed by atoms with van der Waals surface area (Å²) in [6.07, 6.45) is 11.2. The van der Waals surface area contributed by atoms with Crippen LogP contribution in [0.5, 0.6) is 0 Å². The number of carbonyl (C=O) groups excluding carboxylic acids is 1. The van der Waals surface area contributed by atoms with Gasteiger partial charge >= 0.3 is 0 Å². The molecule has 2 aliphatic rings. The number of fused-ring (bicyclic) bond motifs is 1. The van der Waals surface area contributed by atoms with Crippen LogP contribution in [0, 0.1) is 0 Å². The molecule has 3 heteroatoms. The Morgan fingerprint density at radius 3 is 2.96 bits per heavy atom. The topological polar surface area (TPSA) is 34.0 Å². The second-order valence-electron chi connectivity index (χ2n) is 7.00. The van der Waals surface area contributed by atoms with Crippen molar-refractivity contribution in [1.82, 2.24) is 9.88 Å². The van der Waals surface area contributed by atoms with E-state index in [0.29, 0.717) is 5.69 Å². The SMILES string of the molecule is O=C(NC1CCCc2ccccc21)c1cc2cccc3c2n1C=CC=C3. The maximum absolute atomic E-state index is 13.1. The van der Waals surface area contributed by atoms with Crippen LogP contribution in [0.4, 0.5) is 0 Å². The van der Waals surface area contributed by atoms with Crippen LogP contribution in [0.3, 0.4) is 0 Å². The third-order valence-corrected chi connectivity index (χ3v) is 5.42. The molecule has 0 fully saturated rings. The Morgan fingerprint density at radius 1 is 1.08 bits per heavy atom. The number of benzene rings is 2. The number of amides is 1. The third-order valence-electron chi connectivity index (χ3n) is 5.42. The highest BCUT2D eigenvalue weighted by molar-refractivity contribution is 6.02. The lowest BCUT2D eigenvalue weighted by Gasteiger charge is -2.26. The van der Waals surface area contributed by atoms with Crippen molar-refractivity contribution >= 4 is 29.1 Å². The van der Waals surface area contributed by atoms with Gasteiger partial charge in [-0.2, -0.15) is 0 Å². The van der Waals surface area contributed by atoms with Crippen LogP contribution >= 0.6 is 0 Å². The number of para-hydroxylation sites is 1. The number of nitrogens with zero attached hydrogens (tertiary/aromatic N) is 1. The number of hydrogen-bond acceptors (Lipinski definition) is 1. The lowest BCUT2D eigenvalue weighted by Crippen LogP contribution is -2.31. The standard InChI is InChI=1S/C23H20N2O/c26-23(24-20-13-6-9-16-7-1-2-12-19(16)20)21-15-18-11-5-10-17-8-3-4-14-25(21)22(17)18/h1-5,7-8,10-12,14-15,20H,6,9,13H2,(H,24,26). The van der Waals surface area contributed by atoms with Gasteiger partial charge in [-0.25, -0.2) is 0 Å². The van der Waals surface area contributed by atoms with Gasteiger partial charge in [0, 0.05) is 11.6 Å². The summed E-state index contributed by atoms with van der Waals surface area (Å²) >= 11 is 0. The minimum atomic E-state index is -0.0135. The smallest absolute Gasteiger partial charge is 0.268 e. The van der Waals surface area contributed by atoms with Gasteiger partial charge in [0.1, 0.15) is 5.69 Å². The number of aromatic nitrogens is 1. The summed E-state index contributed by atoms with van der Waals surface area (Å²) in [4.78, 5) is 13.1. The number of nitrogens with one attached hydrogen (secondary N) is 1. The molecular weight excluding hydrogens is 320 g/mol. The van der Waals surface area contributed by atoms with Crippen molar-refractivity contribution in [2.75, 3.05) is 0 Å². The van der Waals surface area contributed by atoms with Crippen molar-refractivity contribution in [2.45, 2.75) is 25.3 Å². The fraction of sp³-hybridized carbons (Fsp3) is 0.174. The summed E-state index contributed by atoms with van der Waals surface area (Å²) in [5.74, 6) is -0.0135. The average molecular weight is 340 g/mol. The van der Waals surface area contributed by atoms with Crippen LogP contribution in [-0.2, 0) is 6.42 Å². The van der Waals surface area contributed by atoms with Crippen LogP contribution in [0.25, 0.3) is 23.2 Å². The van der Waals surface area contributed by atoms with Gasteiger partial charge in [-0.05, 0) is 48.1 Å². The molecule has 0 spiro atoms.